The Labute approximate surface area is 224 Å². The molecule has 2 fully saturated rings. The number of carbonyl (C=O) groups is 6. The van der Waals surface area contributed by atoms with E-state index in [0.29, 0.717) is 22.3 Å². The zero-order valence-corrected chi connectivity index (χ0v) is 21.8. The molecule has 3 aliphatic rings. The van der Waals surface area contributed by atoms with Gasteiger partial charge in [-0.05, 0) is 54.4 Å². The molecule has 3 aliphatic carbocycles. The number of aliphatic hydroxyl groups is 1. The molecule has 9 heteroatoms. The number of hydrogen-bond acceptors (Lipinski definition) is 8. The Balaban J connectivity index is 1.64. The molecule has 1 amide bonds. The molecule has 2 aromatic rings. The smallest absolute Gasteiger partial charge is 0.235 e. The number of rotatable bonds is 4. The van der Waals surface area contributed by atoms with Gasteiger partial charge in [0.25, 0.3) is 0 Å². The van der Waals surface area contributed by atoms with E-state index in [0.717, 1.165) is 5.56 Å². The average molecular weight is 532 g/mol. The number of primary amides is 1. The normalized spacial score (nSPS) is 28.1. The summed E-state index contributed by atoms with van der Waals surface area (Å²) in [5.41, 5.74) is 5.33. The third-order valence-electron chi connectivity index (χ3n) is 8.66. The lowest BCUT2D eigenvalue weighted by Crippen LogP contribution is -2.68. The molecule has 0 saturated heterocycles. The van der Waals surface area contributed by atoms with Gasteiger partial charge in [0.05, 0.1) is 11.5 Å². The van der Waals surface area contributed by atoms with Crippen molar-refractivity contribution in [3.05, 3.63) is 52.6 Å². The second-order valence-electron chi connectivity index (χ2n) is 11.2. The molecule has 0 heterocycles. The van der Waals surface area contributed by atoms with Crippen LogP contribution in [-0.4, -0.2) is 50.6 Å². The number of aromatic hydroxyl groups is 1. The number of amides is 1. The topological polar surface area (TPSA) is 169 Å². The maximum atomic E-state index is 14.0. The molecule has 2 unspecified atom stereocenters. The largest absolute Gasteiger partial charge is 0.507 e. The standard InChI is InChI=1S/C30H29NO8/c1-12(2)18-11-19(15-6-4-14(5-7-15)13(3)32)25(34)23-20(18)9-16-8-17-10-21(33)24(29(31)38)28(37)30(17,39)27(36)22(16)26(23)35/h4-7,11-12,16-17,22,24,34,39H,8-10H2,1-3H3,(H2,31,38)/t16-,17+,22?,24?,30+/m1/s1. The summed E-state index contributed by atoms with van der Waals surface area (Å²) in [5.74, 6) is -10.5. The van der Waals surface area contributed by atoms with Crippen molar-refractivity contribution in [1.82, 2.24) is 0 Å². The minimum absolute atomic E-state index is 0.0331. The van der Waals surface area contributed by atoms with Crippen LogP contribution in [0, 0.1) is 23.7 Å². The summed E-state index contributed by atoms with van der Waals surface area (Å²) in [6.45, 7) is 5.33. The van der Waals surface area contributed by atoms with Crippen LogP contribution in [0.2, 0.25) is 0 Å². The van der Waals surface area contributed by atoms with Crippen molar-refractivity contribution in [3.63, 3.8) is 0 Å². The van der Waals surface area contributed by atoms with Crippen molar-refractivity contribution in [3.8, 4) is 16.9 Å². The van der Waals surface area contributed by atoms with Crippen molar-refractivity contribution in [1.29, 1.82) is 0 Å². The van der Waals surface area contributed by atoms with Crippen LogP contribution in [0.1, 0.15) is 71.4 Å². The zero-order valence-electron chi connectivity index (χ0n) is 21.8. The van der Waals surface area contributed by atoms with Gasteiger partial charge in [-0.15, -0.1) is 0 Å². The lowest BCUT2D eigenvalue weighted by atomic mass is 9.53. The molecule has 0 bridgehead atoms. The number of Topliss-reactive ketones (excluding diaryl/α,β-unsaturated/α-hetero) is 5. The van der Waals surface area contributed by atoms with Gasteiger partial charge in [-0.25, -0.2) is 0 Å². The molecule has 4 N–H and O–H groups in total. The van der Waals surface area contributed by atoms with E-state index in [-0.39, 0.29) is 42.3 Å². The van der Waals surface area contributed by atoms with Crippen LogP contribution in [0.25, 0.3) is 11.1 Å². The lowest BCUT2D eigenvalue weighted by Gasteiger charge is -2.48. The fourth-order valence-corrected chi connectivity index (χ4v) is 6.68. The monoisotopic (exact) mass is 531 g/mol. The van der Waals surface area contributed by atoms with Crippen LogP contribution in [0.5, 0.6) is 5.75 Å². The molecule has 2 saturated carbocycles. The summed E-state index contributed by atoms with van der Waals surface area (Å²) in [7, 11) is 0. The highest BCUT2D eigenvalue weighted by Gasteiger charge is 2.66. The molecule has 0 spiro atoms. The van der Waals surface area contributed by atoms with Crippen molar-refractivity contribution in [2.24, 2.45) is 29.4 Å². The van der Waals surface area contributed by atoms with E-state index >= 15 is 0 Å². The van der Waals surface area contributed by atoms with Crippen LogP contribution in [0.3, 0.4) is 0 Å². The molecular formula is C30H29NO8. The first-order valence-corrected chi connectivity index (χ1v) is 13.0. The van der Waals surface area contributed by atoms with Crippen molar-refractivity contribution >= 4 is 34.8 Å². The summed E-state index contributed by atoms with van der Waals surface area (Å²) in [4.78, 5) is 76.9. The Morgan fingerprint density at radius 2 is 1.67 bits per heavy atom. The van der Waals surface area contributed by atoms with Crippen LogP contribution in [0.4, 0.5) is 0 Å². The minimum Gasteiger partial charge on any atom is -0.507 e. The molecule has 2 aromatic carbocycles. The van der Waals surface area contributed by atoms with E-state index in [1.54, 1.807) is 30.3 Å². The second kappa shape index (κ2) is 9.05. The van der Waals surface area contributed by atoms with Gasteiger partial charge >= 0.3 is 0 Å². The number of phenols is 1. The molecule has 0 aliphatic heterocycles. The minimum atomic E-state index is -2.68. The quantitative estimate of drug-likeness (QED) is 0.399. The van der Waals surface area contributed by atoms with Gasteiger partial charge in [0.1, 0.15) is 5.75 Å². The Bertz CT molecular complexity index is 1490. The van der Waals surface area contributed by atoms with Gasteiger partial charge in [-0.3, -0.25) is 28.8 Å². The summed E-state index contributed by atoms with van der Waals surface area (Å²) >= 11 is 0. The van der Waals surface area contributed by atoms with Gasteiger partial charge in [0, 0.05) is 23.5 Å². The van der Waals surface area contributed by atoms with Gasteiger partial charge in [-0.2, -0.15) is 0 Å². The number of benzene rings is 2. The van der Waals surface area contributed by atoms with E-state index < -0.39 is 58.3 Å². The van der Waals surface area contributed by atoms with E-state index in [2.05, 4.69) is 0 Å². The molecule has 202 valence electrons. The first-order chi connectivity index (χ1) is 18.3. The SMILES string of the molecule is CC(=O)c1ccc(-c2cc(C(C)C)c3c(c2O)C(=O)C2C(=O)[C@]4(O)C(=O)C(C(N)=O)C(=O)C[C@@H]4C[C@@H]2C3)cc1. The van der Waals surface area contributed by atoms with E-state index in [9.17, 15) is 39.0 Å². The average Bonchev–Trinajstić information content (AvgIpc) is 2.86. The van der Waals surface area contributed by atoms with Crippen molar-refractivity contribution in [2.75, 3.05) is 0 Å². The number of fused-ring (bicyclic) bond motifs is 3. The van der Waals surface area contributed by atoms with Crippen molar-refractivity contribution in [2.45, 2.75) is 51.6 Å². The number of ketones is 5. The van der Waals surface area contributed by atoms with Crippen LogP contribution in [0.15, 0.2) is 30.3 Å². The third-order valence-corrected chi connectivity index (χ3v) is 8.66. The summed E-state index contributed by atoms with van der Waals surface area (Å²) in [5, 5.41) is 22.8. The molecule has 0 radical (unpaired) electrons. The predicted octanol–water partition coefficient (Wildman–Crippen LogP) is 2.32. The van der Waals surface area contributed by atoms with Gasteiger partial charge in [-0.1, -0.05) is 38.1 Å². The van der Waals surface area contributed by atoms with E-state index in [1.807, 2.05) is 13.8 Å². The predicted molar refractivity (Wildman–Crippen MR) is 138 cm³/mol. The maximum Gasteiger partial charge on any atom is 0.235 e. The fraction of sp³-hybridized carbons (Fsp3) is 0.400. The highest BCUT2D eigenvalue weighted by atomic mass is 16.3. The highest BCUT2D eigenvalue weighted by Crippen LogP contribution is 2.52. The van der Waals surface area contributed by atoms with Crippen molar-refractivity contribution < 1.29 is 39.0 Å². The number of carbonyl (C=O) groups excluding carboxylic acids is 6. The molecule has 39 heavy (non-hydrogen) atoms. The summed E-state index contributed by atoms with van der Waals surface area (Å²) < 4.78 is 0. The summed E-state index contributed by atoms with van der Waals surface area (Å²) in [6, 6.07) is 8.38. The first-order valence-electron chi connectivity index (χ1n) is 13.0. The van der Waals surface area contributed by atoms with E-state index in [4.69, 9.17) is 5.73 Å². The van der Waals surface area contributed by atoms with Gasteiger partial charge in [0.2, 0.25) is 5.91 Å². The molecular weight excluding hydrogens is 502 g/mol. The number of hydrogen-bond donors (Lipinski definition) is 3. The van der Waals surface area contributed by atoms with Gasteiger partial charge in [0.15, 0.2) is 40.4 Å². The van der Waals surface area contributed by atoms with Crippen LogP contribution < -0.4 is 5.73 Å². The van der Waals surface area contributed by atoms with Gasteiger partial charge < -0.3 is 15.9 Å². The van der Waals surface area contributed by atoms with Crippen LogP contribution >= 0.6 is 0 Å². The van der Waals surface area contributed by atoms with Crippen LogP contribution in [-0.2, 0) is 25.6 Å². The van der Waals surface area contributed by atoms with E-state index in [1.165, 1.54) is 6.92 Å². The number of phenolic OH excluding ortho intramolecular Hbond substituents is 1. The molecule has 0 aromatic heterocycles. The Kier molecular flexibility index (Phi) is 6.18. The highest BCUT2D eigenvalue weighted by molar-refractivity contribution is 6.31. The third kappa shape index (κ3) is 3.78. The fourth-order valence-electron chi connectivity index (χ4n) is 6.68. The molecule has 5 atom stereocenters. The molecule has 9 nitrogen and oxygen atoms in total. The first kappa shape index (κ1) is 26.6. The zero-order chi connectivity index (χ0) is 28.5. The lowest BCUT2D eigenvalue weighted by molar-refractivity contribution is -0.175. The summed E-state index contributed by atoms with van der Waals surface area (Å²) in [6.07, 6.45) is -0.0900. The Morgan fingerprint density at radius 1 is 1.03 bits per heavy atom. The second-order valence-corrected chi connectivity index (χ2v) is 11.2. The number of nitrogens with two attached hydrogens (primary N) is 1. The molecule has 5 rings (SSSR count). The Hall–Kier alpha value is -3.98. The Morgan fingerprint density at radius 3 is 2.23 bits per heavy atom. The maximum absolute atomic E-state index is 14.0.